The molecule has 2 heterocycles. The van der Waals surface area contributed by atoms with Gasteiger partial charge in [0.1, 0.15) is 17.9 Å². The molecule has 0 aromatic carbocycles. The van der Waals surface area contributed by atoms with E-state index >= 15 is 0 Å². The Kier molecular flexibility index (Phi) is 9.44. The number of carbonyl (C=O) groups is 1. The lowest BCUT2D eigenvalue weighted by atomic mass is 9.83. The molecule has 4 N–H and O–H groups in total. The Morgan fingerprint density at radius 2 is 1.44 bits per heavy atom. The molecule has 0 bridgehead atoms. The zero-order valence-electron chi connectivity index (χ0n) is 24.0. The minimum atomic E-state index is -0.860. The predicted molar refractivity (Wildman–Crippen MR) is 145 cm³/mol. The van der Waals surface area contributed by atoms with E-state index in [2.05, 4.69) is 76.3 Å². The third-order valence-corrected chi connectivity index (χ3v) is 7.64. The summed E-state index contributed by atoms with van der Waals surface area (Å²) >= 11 is 0. The summed E-state index contributed by atoms with van der Waals surface area (Å²) in [6, 6.07) is -0.586. The van der Waals surface area contributed by atoms with Crippen molar-refractivity contribution >= 4 is 11.5 Å². The highest BCUT2D eigenvalue weighted by Crippen LogP contribution is 2.26. The highest BCUT2D eigenvalue weighted by Gasteiger charge is 2.46. The normalized spacial score (nSPS) is 31.9. The van der Waals surface area contributed by atoms with E-state index in [9.17, 15) is 9.90 Å². The van der Waals surface area contributed by atoms with E-state index in [4.69, 9.17) is 9.47 Å². The van der Waals surface area contributed by atoms with Crippen molar-refractivity contribution in [2.75, 3.05) is 39.4 Å². The van der Waals surface area contributed by atoms with Gasteiger partial charge in [-0.15, -0.1) is 0 Å². The van der Waals surface area contributed by atoms with E-state index in [-0.39, 0.29) is 45.6 Å². The van der Waals surface area contributed by atoms with E-state index in [1.807, 2.05) is 0 Å². The molecule has 208 valence electrons. The van der Waals surface area contributed by atoms with Gasteiger partial charge in [-0.2, -0.15) is 0 Å². The van der Waals surface area contributed by atoms with E-state index in [0.29, 0.717) is 26.3 Å². The zero-order chi connectivity index (χ0) is 26.8. The third kappa shape index (κ3) is 8.57. The summed E-state index contributed by atoms with van der Waals surface area (Å²) < 4.78 is 12.4. The molecule has 2 aliphatic heterocycles. The van der Waals surface area contributed by atoms with Gasteiger partial charge in [0.15, 0.2) is 5.78 Å². The Bertz CT molecular complexity index is 792. The Hall–Kier alpha value is -0.900. The number of nitrogens with one attached hydrogen (secondary N) is 3. The molecular formula is C28H52N4O4. The number of hydrogen-bond acceptors (Lipinski definition) is 8. The minimum absolute atomic E-state index is 0.0999. The maximum absolute atomic E-state index is 12.7. The number of ketones is 1. The molecule has 3 fully saturated rings. The van der Waals surface area contributed by atoms with Crippen LogP contribution in [0.4, 0.5) is 0 Å². The molecule has 0 amide bonds. The van der Waals surface area contributed by atoms with E-state index in [1.165, 1.54) is 0 Å². The van der Waals surface area contributed by atoms with Crippen molar-refractivity contribution in [1.29, 1.82) is 0 Å². The maximum atomic E-state index is 12.7. The van der Waals surface area contributed by atoms with Crippen LogP contribution in [0.5, 0.6) is 0 Å². The molecule has 0 spiro atoms. The number of aliphatic hydroxyl groups is 1. The number of ether oxygens (including phenoxy) is 2. The van der Waals surface area contributed by atoms with Gasteiger partial charge < -0.3 is 30.5 Å². The van der Waals surface area contributed by atoms with E-state index < -0.39 is 12.1 Å². The molecular weight excluding hydrogens is 456 g/mol. The molecule has 4 atom stereocenters. The van der Waals surface area contributed by atoms with Crippen molar-refractivity contribution in [3.8, 4) is 0 Å². The smallest absolute Gasteiger partial charge is 0.199 e. The molecule has 0 aromatic rings. The Morgan fingerprint density at radius 3 is 1.92 bits per heavy atom. The van der Waals surface area contributed by atoms with Crippen molar-refractivity contribution in [2.45, 2.75) is 117 Å². The second-order valence-electron chi connectivity index (χ2n) is 14.2. The molecule has 1 saturated carbocycles. The Labute approximate surface area is 218 Å². The largest absolute Gasteiger partial charge is 0.385 e. The summed E-state index contributed by atoms with van der Waals surface area (Å²) in [5.74, 6) is -0.101. The lowest BCUT2D eigenvalue weighted by Crippen LogP contribution is -2.65. The van der Waals surface area contributed by atoms with Crippen LogP contribution in [0.2, 0.25) is 0 Å². The Morgan fingerprint density at radius 1 is 0.944 bits per heavy atom. The van der Waals surface area contributed by atoms with Crippen LogP contribution in [0.15, 0.2) is 4.99 Å². The first kappa shape index (κ1) is 29.7. The van der Waals surface area contributed by atoms with E-state index in [0.717, 1.165) is 38.8 Å². The second kappa shape index (κ2) is 11.5. The van der Waals surface area contributed by atoms with Crippen molar-refractivity contribution < 1.29 is 19.4 Å². The monoisotopic (exact) mass is 508 g/mol. The van der Waals surface area contributed by atoms with Gasteiger partial charge in [0.2, 0.25) is 0 Å². The summed E-state index contributed by atoms with van der Waals surface area (Å²) in [6.45, 7) is 21.5. The van der Waals surface area contributed by atoms with Gasteiger partial charge in [0, 0.05) is 35.0 Å². The maximum Gasteiger partial charge on any atom is 0.199 e. The first-order valence-corrected chi connectivity index (χ1v) is 13.8. The number of nitrogens with zero attached hydrogens (tertiary/aromatic N) is 1. The molecule has 36 heavy (non-hydrogen) atoms. The van der Waals surface area contributed by atoms with Crippen LogP contribution < -0.4 is 16.0 Å². The third-order valence-electron chi connectivity index (χ3n) is 7.64. The van der Waals surface area contributed by atoms with Gasteiger partial charge in [-0.3, -0.25) is 9.79 Å². The van der Waals surface area contributed by atoms with Gasteiger partial charge in [-0.1, -0.05) is 27.7 Å². The van der Waals surface area contributed by atoms with Gasteiger partial charge >= 0.3 is 0 Å². The first-order chi connectivity index (χ1) is 16.6. The topological polar surface area (TPSA) is 104 Å². The standard InChI is InChI=1S/C28H52N4O4/c1-25(2,17-35-19-9-11-31-27(5,6)13-19)15-29-21-23(33)22(24(21)34)30-16-26(3,4)18-36-20-10-12-32-28(7,8)14-20/h19-21,23,29,31-33H,9-18H2,1-8H3. The number of piperidine rings is 2. The number of rotatable bonds is 11. The summed E-state index contributed by atoms with van der Waals surface area (Å²) in [5, 5.41) is 20.9. The zero-order valence-corrected chi connectivity index (χ0v) is 24.0. The average molecular weight is 509 g/mol. The summed E-state index contributed by atoms with van der Waals surface area (Å²) in [5.41, 5.74) is 0.139. The number of aliphatic imine (C=N–C) groups is 1. The average Bonchev–Trinajstić information content (AvgIpc) is 2.75. The van der Waals surface area contributed by atoms with Crippen LogP contribution in [0.3, 0.4) is 0 Å². The van der Waals surface area contributed by atoms with Crippen molar-refractivity contribution in [2.24, 2.45) is 15.8 Å². The Balaban J connectivity index is 1.40. The number of aliphatic hydroxyl groups excluding tert-OH is 1. The highest BCUT2D eigenvalue weighted by molar-refractivity contribution is 6.50. The molecule has 1 aliphatic carbocycles. The van der Waals surface area contributed by atoms with Crippen LogP contribution in [-0.2, 0) is 14.3 Å². The van der Waals surface area contributed by atoms with Gasteiger partial charge in [0.05, 0.1) is 25.4 Å². The van der Waals surface area contributed by atoms with Crippen molar-refractivity contribution in [1.82, 2.24) is 16.0 Å². The van der Waals surface area contributed by atoms with Crippen LogP contribution >= 0.6 is 0 Å². The van der Waals surface area contributed by atoms with Crippen LogP contribution in [0, 0.1) is 10.8 Å². The van der Waals surface area contributed by atoms with Gasteiger partial charge in [0.25, 0.3) is 0 Å². The lowest BCUT2D eigenvalue weighted by Gasteiger charge is -2.39. The summed E-state index contributed by atoms with van der Waals surface area (Å²) in [4.78, 5) is 17.2. The number of hydrogen-bond donors (Lipinski definition) is 4. The minimum Gasteiger partial charge on any atom is -0.385 e. The quantitative estimate of drug-likeness (QED) is 0.340. The first-order valence-electron chi connectivity index (χ1n) is 13.8. The summed E-state index contributed by atoms with van der Waals surface area (Å²) in [7, 11) is 0. The molecule has 4 unspecified atom stereocenters. The second-order valence-corrected chi connectivity index (χ2v) is 14.2. The SMILES string of the molecule is CC(C)(CN=C1C(=O)C(NCC(C)(C)COC2CCNC(C)(C)C2)C1O)COC1CCNC(C)(C)C1. The van der Waals surface area contributed by atoms with Crippen molar-refractivity contribution in [3.05, 3.63) is 0 Å². The fourth-order valence-electron chi connectivity index (χ4n) is 5.27. The van der Waals surface area contributed by atoms with Crippen LogP contribution in [0.1, 0.15) is 81.1 Å². The fourth-order valence-corrected chi connectivity index (χ4v) is 5.27. The highest BCUT2D eigenvalue weighted by atomic mass is 16.5. The van der Waals surface area contributed by atoms with Gasteiger partial charge in [-0.05, 0) is 66.5 Å². The lowest BCUT2D eigenvalue weighted by molar-refractivity contribution is -0.121. The summed E-state index contributed by atoms with van der Waals surface area (Å²) in [6.07, 6.45) is 3.64. The molecule has 0 aromatic heterocycles. The fraction of sp³-hybridized carbons (Fsp3) is 0.929. The number of carbonyl (C=O) groups excluding carboxylic acids is 1. The molecule has 3 rings (SSSR count). The molecule has 3 aliphatic rings. The number of Topliss-reactive ketones (excluding diaryl/α,β-unsaturated/α-hetero) is 1. The van der Waals surface area contributed by atoms with Gasteiger partial charge in [-0.25, -0.2) is 0 Å². The van der Waals surface area contributed by atoms with E-state index in [1.54, 1.807) is 0 Å². The van der Waals surface area contributed by atoms with Crippen LogP contribution in [0.25, 0.3) is 0 Å². The molecule has 0 radical (unpaired) electrons. The van der Waals surface area contributed by atoms with Crippen molar-refractivity contribution in [3.63, 3.8) is 0 Å². The van der Waals surface area contributed by atoms with Crippen LogP contribution in [-0.4, -0.2) is 91.4 Å². The predicted octanol–water partition coefficient (Wildman–Crippen LogP) is 2.48. The molecule has 8 heteroatoms. The molecule has 2 saturated heterocycles. The molecule has 8 nitrogen and oxygen atoms in total.